The zero-order valence-electron chi connectivity index (χ0n) is 14.7. The third-order valence-corrected chi connectivity index (χ3v) is 5.20. The zero-order chi connectivity index (χ0) is 22.0. The highest BCUT2D eigenvalue weighted by Gasteiger charge is 2.39. The Hall–Kier alpha value is -1.41. The number of allylic oxidation sites excluding steroid dienone is 1. The van der Waals surface area contributed by atoms with E-state index in [1.165, 1.54) is 19.2 Å². The van der Waals surface area contributed by atoms with Crippen LogP contribution in [-0.2, 0) is 12.7 Å². The van der Waals surface area contributed by atoms with Crippen molar-refractivity contribution in [2.75, 3.05) is 7.05 Å². The zero-order valence-corrected chi connectivity index (χ0v) is 17.0. The standard InChI is InChI=1S/C19H14Cl3F6N/c1-29-9-11-4-2-10(6-14(11)19(26,27)28)3-5-13(18(23,24)25)12-7-15(20)17(22)16(21)8-12/h2-8,13,29H,9H2,1H3/b5-3+. The van der Waals surface area contributed by atoms with Gasteiger partial charge in [0, 0.05) is 6.54 Å². The second-order valence-corrected chi connectivity index (χ2v) is 7.31. The highest BCUT2D eigenvalue weighted by atomic mass is 35.5. The Balaban J connectivity index is 2.47. The molecule has 1 unspecified atom stereocenters. The molecular weight excluding hydrogens is 463 g/mol. The maximum atomic E-state index is 13.5. The van der Waals surface area contributed by atoms with Crippen molar-refractivity contribution >= 4 is 40.9 Å². The van der Waals surface area contributed by atoms with Gasteiger partial charge in [-0.1, -0.05) is 59.1 Å². The molecule has 0 aliphatic rings. The van der Waals surface area contributed by atoms with Crippen LogP contribution in [-0.4, -0.2) is 13.2 Å². The molecule has 2 aromatic rings. The van der Waals surface area contributed by atoms with E-state index < -0.39 is 23.8 Å². The molecular formula is C19H14Cl3F6N. The normalized spacial score (nSPS) is 13.9. The predicted molar refractivity (Wildman–Crippen MR) is 104 cm³/mol. The molecule has 2 rings (SSSR count). The fraction of sp³-hybridized carbons (Fsp3) is 0.263. The SMILES string of the molecule is CNCc1ccc(/C=C/C(c2cc(Cl)c(Cl)c(Cl)c2)C(F)(F)F)cc1C(F)(F)F. The smallest absolute Gasteiger partial charge is 0.316 e. The molecule has 0 fully saturated rings. The van der Waals surface area contributed by atoms with Crippen molar-refractivity contribution in [1.29, 1.82) is 0 Å². The summed E-state index contributed by atoms with van der Waals surface area (Å²) in [4.78, 5) is 0. The third-order valence-electron chi connectivity index (χ3n) is 4.01. The van der Waals surface area contributed by atoms with Crippen LogP contribution in [0.1, 0.15) is 28.2 Å². The first-order chi connectivity index (χ1) is 13.3. The van der Waals surface area contributed by atoms with Gasteiger partial charge in [0.25, 0.3) is 0 Å². The summed E-state index contributed by atoms with van der Waals surface area (Å²) in [6.45, 7) is -0.0359. The molecule has 0 heterocycles. The molecule has 10 heteroatoms. The van der Waals surface area contributed by atoms with E-state index >= 15 is 0 Å². The van der Waals surface area contributed by atoms with Crippen molar-refractivity contribution in [3.8, 4) is 0 Å². The topological polar surface area (TPSA) is 12.0 Å². The number of rotatable bonds is 5. The Morgan fingerprint density at radius 1 is 0.966 bits per heavy atom. The van der Waals surface area contributed by atoms with Crippen LogP contribution in [0.5, 0.6) is 0 Å². The monoisotopic (exact) mass is 475 g/mol. The Morgan fingerprint density at radius 3 is 2.03 bits per heavy atom. The van der Waals surface area contributed by atoms with Crippen molar-refractivity contribution in [1.82, 2.24) is 5.32 Å². The summed E-state index contributed by atoms with van der Waals surface area (Å²) in [5.74, 6) is -2.14. The van der Waals surface area contributed by atoms with Crippen LogP contribution in [0.2, 0.25) is 15.1 Å². The van der Waals surface area contributed by atoms with E-state index in [9.17, 15) is 26.3 Å². The van der Waals surface area contributed by atoms with Gasteiger partial charge < -0.3 is 5.32 Å². The van der Waals surface area contributed by atoms with Gasteiger partial charge in [-0.2, -0.15) is 26.3 Å². The molecule has 0 saturated heterocycles. The summed E-state index contributed by atoms with van der Waals surface area (Å²) < 4.78 is 80.4. The van der Waals surface area contributed by atoms with Crippen molar-refractivity contribution < 1.29 is 26.3 Å². The van der Waals surface area contributed by atoms with E-state index in [2.05, 4.69) is 5.32 Å². The summed E-state index contributed by atoms with van der Waals surface area (Å²) in [5.41, 5.74) is -1.25. The number of benzene rings is 2. The number of alkyl halides is 6. The van der Waals surface area contributed by atoms with Crippen LogP contribution in [0.25, 0.3) is 6.08 Å². The number of hydrogen-bond acceptors (Lipinski definition) is 1. The van der Waals surface area contributed by atoms with E-state index in [1.54, 1.807) is 0 Å². The van der Waals surface area contributed by atoms with Crippen LogP contribution < -0.4 is 5.32 Å². The summed E-state index contributed by atoms with van der Waals surface area (Å²) in [7, 11) is 1.49. The van der Waals surface area contributed by atoms with Crippen LogP contribution in [0.15, 0.2) is 36.4 Å². The predicted octanol–water partition coefficient (Wildman–Crippen LogP) is 7.74. The Kier molecular flexibility index (Phi) is 7.54. The lowest BCUT2D eigenvalue weighted by atomic mass is 9.96. The minimum atomic E-state index is -4.73. The van der Waals surface area contributed by atoms with Crippen LogP contribution in [0.3, 0.4) is 0 Å². The van der Waals surface area contributed by atoms with Gasteiger partial charge in [0.1, 0.15) is 0 Å². The van der Waals surface area contributed by atoms with E-state index in [1.807, 2.05) is 0 Å². The van der Waals surface area contributed by atoms with E-state index in [-0.39, 0.29) is 38.3 Å². The van der Waals surface area contributed by atoms with Gasteiger partial charge in [0.2, 0.25) is 0 Å². The first kappa shape index (κ1) is 23.9. The molecule has 0 amide bonds. The summed E-state index contributed by atoms with van der Waals surface area (Å²) in [6.07, 6.45) is -7.64. The van der Waals surface area contributed by atoms with Gasteiger partial charge in [0.05, 0.1) is 26.5 Å². The molecule has 0 bridgehead atoms. The molecule has 0 spiro atoms. The van der Waals surface area contributed by atoms with Crippen molar-refractivity contribution in [2.45, 2.75) is 24.8 Å². The second-order valence-electron chi connectivity index (χ2n) is 6.12. The van der Waals surface area contributed by atoms with Crippen molar-refractivity contribution in [2.24, 2.45) is 0 Å². The second kappa shape index (κ2) is 9.16. The molecule has 29 heavy (non-hydrogen) atoms. The van der Waals surface area contributed by atoms with Crippen molar-refractivity contribution in [3.05, 3.63) is 73.7 Å². The molecule has 1 nitrogen and oxygen atoms in total. The largest absolute Gasteiger partial charge is 0.416 e. The first-order valence-electron chi connectivity index (χ1n) is 8.08. The van der Waals surface area contributed by atoms with Crippen LogP contribution in [0, 0.1) is 0 Å². The average molecular weight is 477 g/mol. The summed E-state index contributed by atoms with van der Waals surface area (Å²) in [5, 5.41) is 2.21. The van der Waals surface area contributed by atoms with Crippen LogP contribution in [0.4, 0.5) is 26.3 Å². The maximum absolute atomic E-state index is 13.5. The van der Waals surface area contributed by atoms with E-state index in [4.69, 9.17) is 34.8 Å². The summed E-state index contributed by atoms with van der Waals surface area (Å²) >= 11 is 17.4. The first-order valence-corrected chi connectivity index (χ1v) is 9.22. The van der Waals surface area contributed by atoms with E-state index in [0.717, 1.165) is 30.4 Å². The molecule has 2 aromatic carbocycles. The number of hydrogen-bond donors (Lipinski definition) is 1. The van der Waals surface area contributed by atoms with Gasteiger partial charge >= 0.3 is 12.4 Å². The quantitative estimate of drug-likeness (QED) is 0.344. The molecule has 0 radical (unpaired) electrons. The highest BCUT2D eigenvalue weighted by molar-refractivity contribution is 6.48. The fourth-order valence-corrected chi connectivity index (χ4v) is 3.29. The number of nitrogens with one attached hydrogen (secondary N) is 1. The molecule has 0 aliphatic carbocycles. The fourth-order valence-electron chi connectivity index (χ4n) is 2.68. The lowest BCUT2D eigenvalue weighted by molar-refractivity contribution is -0.140. The Bertz CT molecular complexity index is 883. The lowest BCUT2D eigenvalue weighted by Crippen LogP contribution is -2.19. The average Bonchev–Trinajstić information content (AvgIpc) is 2.59. The van der Waals surface area contributed by atoms with Gasteiger partial charge in [0.15, 0.2) is 0 Å². The molecule has 0 saturated carbocycles. The molecule has 0 aliphatic heterocycles. The van der Waals surface area contributed by atoms with Gasteiger partial charge in [-0.25, -0.2) is 0 Å². The van der Waals surface area contributed by atoms with Crippen LogP contribution >= 0.6 is 34.8 Å². The highest BCUT2D eigenvalue weighted by Crippen LogP contribution is 2.41. The molecule has 0 aromatic heterocycles. The van der Waals surface area contributed by atoms with Gasteiger partial charge in [-0.05, 0) is 41.9 Å². The summed E-state index contributed by atoms with van der Waals surface area (Å²) in [6, 6.07) is 5.38. The molecule has 158 valence electrons. The Morgan fingerprint density at radius 2 is 1.55 bits per heavy atom. The maximum Gasteiger partial charge on any atom is 0.416 e. The van der Waals surface area contributed by atoms with Gasteiger partial charge in [-0.15, -0.1) is 0 Å². The molecule has 1 atom stereocenters. The minimum Gasteiger partial charge on any atom is -0.316 e. The third kappa shape index (κ3) is 6.04. The van der Waals surface area contributed by atoms with E-state index in [0.29, 0.717) is 0 Å². The molecule has 1 N–H and O–H groups in total. The van der Waals surface area contributed by atoms with Crippen molar-refractivity contribution in [3.63, 3.8) is 0 Å². The number of halogens is 9. The Labute approximate surface area is 178 Å². The van der Waals surface area contributed by atoms with Gasteiger partial charge in [-0.3, -0.25) is 0 Å². The lowest BCUT2D eigenvalue weighted by Gasteiger charge is -2.19. The minimum absolute atomic E-state index is 0.0132.